The maximum atomic E-state index is 11.9. The summed E-state index contributed by atoms with van der Waals surface area (Å²) >= 11 is 4.66. The first kappa shape index (κ1) is 18.3. The van der Waals surface area contributed by atoms with Crippen molar-refractivity contribution in [1.29, 1.82) is 5.26 Å². The van der Waals surface area contributed by atoms with Crippen molar-refractivity contribution in [2.75, 3.05) is 11.5 Å². The smallest absolute Gasteiger partial charge is 0.252 e. The van der Waals surface area contributed by atoms with E-state index in [-0.39, 0.29) is 32.4 Å². The van der Waals surface area contributed by atoms with Gasteiger partial charge in [-0.05, 0) is 31.0 Å². The Morgan fingerprint density at radius 1 is 1.38 bits per heavy atom. The van der Waals surface area contributed by atoms with Crippen molar-refractivity contribution in [3.63, 3.8) is 0 Å². The summed E-state index contributed by atoms with van der Waals surface area (Å²) in [4.78, 5) is 0. The highest BCUT2D eigenvalue weighted by Gasteiger charge is 2.19. The molecule has 1 heterocycles. The molecule has 24 heavy (non-hydrogen) atoms. The summed E-state index contributed by atoms with van der Waals surface area (Å²) in [6, 6.07) is 3.46. The lowest BCUT2D eigenvalue weighted by atomic mass is 10.0. The highest BCUT2D eigenvalue weighted by Crippen LogP contribution is 2.36. The fourth-order valence-electron chi connectivity index (χ4n) is 1.92. The maximum Gasteiger partial charge on any atom is 0.252 e. The fourth-order valence-corrected chi connectivity index (χ4v) is 4.60. The number of benzene rings is 1. The van der Waals surface area contributed by atoms with Crippen LogP contribution in [0.1, 0.15) is 16.7 Å². The van der Waals surface area contributed by atoms with Gasteiger partial charge in [0.15, 0.2) is 0 Å². The Balaban J connectivity index is 2.37. The topological polar surface area (TPSA) is 129 Å². The molecule has 0 atom stereocenters. The van der Waals surface area contributed by atoms with E-state index in [0.717, 1.165) is 11.3 Å². The zero-order valence-electron chi connectivity index (χ0n) is 12.8. The Kier molecular flexibility index (Phi) is 5.53. The van der Waals surface area contributed by atoms with Crippen molar-refractivity contribution in [2.24, 2.45) is 10.2 Å². The Morgan fingerprint density at radius 2 is 2.08 bits per heavy atom. The first-order valence-corrected chi connectivity index (χ1v) is 9.72. The molecule has 0 spiro atoms. The Bertz CT molecular complexity index is 944. The van der Waals surface area contributed by atoms with E-state index in [4.69, 9.17) is 5.26 Å². The molecule has 0 amide bonds. The van der Waals surface area contributed by atoms with Crippen LogP contribution in [0.5, 0.6) is 5.75 Å². The number of phenols is 1. The predicted octanol–water partition coefficient (Wildman–Crippen LogP) is 2.85. The number of azo groups is 1. The summed E-state index contributed by atoms with van der Waals surface area (Å²) in [5.74, 6) is -0.0996. The fraction of sp³-hybridized carbons (Fsp3) is 0.308. The van der Waals surface area contributed by atoms with Crippen molar-refractivity contribution >= 4 is 44.6 Å². The molecule has 1 aromatic carbocycles. The maximum absolute atomic E-state index is 11.9. The van der Waals surface area contributed by atoms with Crippen molar-refractivity contribution in [3.05, 3.63) is 22.8 Å². The number of aromatic hydroxyl groups is 1. The molecule has 0 saturated carbocycles. The van der Waals surface area contributed by atoms with E-state index < -0.39 is 9.84 Å². The molecule has 0 saturated heterocycles. The lowest BCUT2D eigenvalue weighted by Crippen LogP contribution is -2.07. The highest BCUT2D eigenvalue weighted by atomic mass is 32.2. The van der Waals surface area contributed by atoms with Gasteiger partial charge < -0.3 is 5.11 Å². The van der Waals surface area contributed by atoms with E-state index in [1.165, 1.54) is 6.07 Å². The van der Waals surface area contributed by atoms with Crippen LogP contribution in [0.4, 0.5) is 10.8 Å². The first-order chi connectivity index (χ1) is 11.3. The normalized spacial score (nSPS) is 11.8. The molecule has 126 valence electrons. The Labute approximate surface area is 148 Å². The largest absolute Gasteiger partial charge is 0.506 e. The van der Waals surface area contributed by atoms with Gasteiger partial charge in [-0.3, -0.25) is 0 Å². The Hall–Kier alpha value is -2.03. The SMILES string of the molecule is Cc1cc(O)c(N=Nc2nnc(S(=O)(=O)CCS)s2)c(C)c1C#N. The number of phenolic OH excluding ortho intramolecular Hbond substituents is 1. The number of aromatic nitrogens is 2. The second-order valence-corrected chi connectivity index (χ2v) is 8.45. The quantitative estimate of drug-likeness (QED) is 0.603. The van der Waals surface area contributed by atoms with Crippen molar-refractivity contribution in [1.82, 2.24) is 10.2 Å². The first-order valence-electron chi connectivity index (χ1n) is 6.62. The number of rotatable bonds is 5. The zero-order chi connectivity index (χ0) is 17.9. The van der Waals surface area contributed by atoms with Gasteiger partial charge in [-0.25, -0.2) is 8.42 Å². The molecular formula is C13H13N5O3S3. The number of hydrogen-bond donors (Lipinski definition) is 2. The van der Waals surface area contributed by atoms with Crippen LogP contribution < -0.4 is 0 Å². The van der Waals surface area contributed by atoms with Crippen LogP contribution >= 0.6 is 24.0 Å². The molecule has 2 aromatic rings. The molecule has 0 unspecified atom stereocenters. The lowest BCUT2D eigenvalue weighted by molar-refractivity contribution is 0.475. The van der Waals surface area contributed by atoms with Crippen LogP contribution in [0.2, 0.25) is 0 Å². The van der Waals surface area contributed by atoms with Crippen LogP contribution in [-0.4, -0.2) is 35.2 Å². The molecule has 0 aliphatic rings. The van der Waals surface area contributed by atoms with Crippen molar-refractivity contribution in [3.8, 4) is 11.8 Å². The summed E-state index contributed by atoms with van der Waals surface area (Å²) in [7, 11) is -3.53. The van der Waals surface area contributed by atoms with Gasteiger partial charge >= 0.3 is 0 Å². The summed E-state index contributed by atoms with van der Waals surface area (Å²) in [5.41, 5.74) is 1.64. The average molecular weight is 383 g/mol. The minimum atomic E-state index is -3.53. The third kappa shape index (κ3) is 3.72. The van der Waals surface area contributed by atoms with E-state index in [9.17, 15) is 13.5 Å². The van der Waals surface area contributed by atoms with Crippen LogP contribution in [0.25, 0.3) is 0 Å². The van der Waals surface area contributed by atoms with Gasteiger partial charge in [0.2, 0.25) is 14.2 Å². The molecule has 1 N–H and O–H groups in total. The average Bonchev–Trinajstić information content (AvgIpc) is 2.97. The van der Waals surface area contributed by atoms with Gasteiger partial charge in [0.05, 0.1) is 17.4 Å². The number of sulfone groups is 1. The number of nitrogens with zero attached hydrogens (tertiary/aromatic N) is 5. The van der Waals surface area contributed by atoms with Crippen molar-refractivity contribution < 1.29 is 13.5 Å². The predicted molar refractivity (Wildman–Crippen MR) is 92.3 cm³/mol. The van der Waals surface area contributed by atoms with E-state index >= 15 is 0 Å². The molecule has 0 aliphatic carbocycles. The number of aryl methyl sites for hydroxylation is 1. The summed E-state index contributed by atoms with van der Waals surface area (Å²) in [5, 5.41) is 34.1. The molecular weight excluding hydrogens is 370 g/mol. The second kappa shape index (κ2) is 7.25. The minimum absolute atomic E-state index is 0.0330. The lowest BCUT2D eigenvalue weighted by Gasteiger charge is -2.06. The molecule has 0 aliphatic heterocycles. The molecule has 8 nitrogen and oxygen atoms in total. The molecule has 0 radical (unpaired) electrons. The molecule has 0 fully saturated rings. The minimum Gasteiger partial charge on any atom is -0.506 e. The number of hydrogen-bond acceptors (Lipinski definition) is 10. The second-order valence-electron chi connectivity index (χ2n) is 4.77. The molecule has 0 bridgehead atoms. The standard InChI is InChI=1S/C13H13N5O3S3/c1-7-5-10(19)11(8(2)9(7)6-14)15-16-12-17-18-13(23-12)24(20,21)4-3-22/h5,19,22H,3-4H2,1-2H3. The summed E-state index contributed by atoms with van der Waals surface area (Å²) in [6.45, 7) is 3.35. The van der Waals surface area contributed by atoms with E-state index in [1.807, 2.05) is 6.07 Å². The van der Waals surface area contributed by atoms with Gasteiger partial charge in [0.1, 0.15) is 11.4 Å². The molecule has 2 rings (SSSR count). The zero-order valence-corrected chi connectivity index (χ0v) is 15.3. The van der Waals surface area contributed by atoms with Crippen LogP contribution in [0.3, 0.4) is 0 Å². The molecule has 11 heteroatoms. The summed E-state index contributed by atoms with van der Waals surface area (Å²) < 4.78 is 23.6. The highest BCUT2D eigenvalue weighted by molar-refractivity contribution is 7.94. The van der Waals surface area contributed by atoms with E-state index in [0.29, 0.717) is 16.7 Å². The number of nitriles is 1. The monoisotopic (exact) mass is 383 g/mol. The number of thiol groups is 1. The third-order valence-electron chi connectivity index (χ3n) is 3.09. The third-order valence-corrected chi connectivity index (χ3v) is 6.59. The van der Waals surface area contributed by atoms with Gasteiger partial charge in [0.25, 0.3) is 5.13 Å². The molecule has 1 aromatic heterocycles. The summed E-state index contributed by atoms with van der Waals surface area (Å²) in [6.07, 6.45) is 0. The van der Waals surface area contributed by atoms with Crippen LogP contribution in [-0.2, 0) is 9.84 Å². The van der Waals surface area contributed by atoms with Crippen LogP contribution in [0.15, 0.2) is 20.6 Å². The van der Waals surface area contributed by atoms with E-state index in [1.54, 1.807) is 13.8 Å². The van der Waals surface area contributed by atoms with Gasteiger partial charge in [-0.2, -0.15) is 17.9 Å². The van der Waals surface area contributed by atoms with Crippen molar-refractivity contribution in [2.45, 2.75) is 18.2 Å². The van der Waals surface area contributed by atoms with Gasteiger partial charge in [-0.15, -0.1) is 20.4 Å². The Morgan fingerprint density at radius 3 is 2.71 bits per heavy atom. The van der Waals surface area contributed by atoms with Gasteiger partial charge in [0, 0.05) is 5.75 Å². The van der Waals surface area contributed by atoms with Gasteiger partial charge in [-0.1, -0.05) is 11.3 Å². The van der Waals surface area contributed by atoms with Crippen LogP contribution in [0, 0.1) is 25.2 Å². The van der Waals surface area contributed by atoms with E-state index in [2.05, 4.69) is 33.1 Å².